The fourth-order valence-corrected chi connectivity index (χ4v) is 1.96. The summed E-state index contributed by atoms with van der Waals surface area (Å²) in [7, 11) is 0. The van der Waals surface area contributed by atoms with E-state index in [0.717, 1.165) is 5.56 Å². The van der Waals surface area contributed by atoms with Crippen molar-refractivity contribution in [3.63, 3.8) is 0 Å². The van der Waals surface area contributed by atoms with Crippen LogP contribution in [-0.2, 0) is 6.54 Å². The minimum absolute atomic E-state index is 0.0750. The van der Waals surface area contributed by atoms with Crippen molar-refractivity contribution in [2.75, 3.05) is 6.61 Å². The minimum atomic E-state index is -0.411. The first-order valence-electron chi connectivity index (χ1n) is 5.31. The average Bonchev–Trinajstić information content (AvgIpc) is 2.26. The highest BCUT2D eigenvalue weighted by Crippen LogP contribution is 2.21. The number of nitrogens with zero attached hydrogens (tertiary/aromatic N) is 1. The lowest BCUT2D eigenvalue weighted by Gasteiger charge is -2.12. The maximum Gasteiger partial charge on any atom is 0.270 e. The van der Waals surface area contributed by atoms with Gasteiger partial charge in [0.25, 0.3) is 5.69 Å². The van der Waals surface area contributed by atoms with Crippen molar-refractivity contribution in [3.8, 4) is 0 Å². The third-order valence-corrected chi connectivity index (χ3v) is 2.83. The second-order valence-corrected chi connectivity index (χ2v) is 4.78. The van der Waals surface area contributed by atoms with Gasteiger partial charge in [0, 0.05) is 35.8 Å². The quantitative estimate of drug-likeness (QED) is 0.624. The number of nitrogens with one attached hydrogen (secondary N) is 1. The van der Waals surface area contributed by atoms with E-state index in [1.165, 1.54) is 6.07 Å². The van der Waals surface area contributed by atoms with Gasteiger partial charge in [-0.15, -0.1) is 0 Å². The van der Waals surface area contributed by atoms with Gasteiger partial charge in [0.15, 0.2) is 0 Å². The van der Waals surface area contributed by atoms with Gasteiger partial charge in [0.05, 0.1) is 4.92 Å². The lowest BCUT2D eigenvalue weighted by molar-refractivity contribution is -0.385. The van der Waals surface area contributed by atoms with Gasteiger partial charge in [-0.2, -0.15) is 0 Å². The van der Waals surface area contributed by atoms with Crippen LogP contribution in [0.2, 0.25) is 0 Å². The van der Waals surface area contributed by atoms with E-state index >= 15 is 0 Å². The maximum absolute atomic E-state index is 10.7. The van der Waals surface area contributed by atoms with Crippen molar-refractivity contribution in [3.05, 3.63) is 38.3 Å². The van der Waals surface area contributed by atoms with E-state index in [2.05, 4.69) is 21.2 Å². The first-order chi connectivity index (χ1) is 8.02. The number of non-ortho nitro benzene ring substituents is 1. The van der Waals surface area contributed by atoms with Gasteiger partial charge in [0.1, 0.15) is 0 Å². The third kappa shape index (κ3) is 4.80. The molecule has 2 N–H and O–H groups in total. The van der Waals surface area contributed by atoms with Gasteiger partial charge in [-0.25, -0.2) is 0 Å². The maximum atomic E-state index is 10.7. The molecule has 0 saturated carbocycles. The Morgan fingerprint density at radius 2 is 2.24 bits per heavy atom. The predicted octanol–water partition coefficient (Wildman–Crippen LogP) is 2.22. The van der Waals surface area contributed by atoms with Crippen LogP contribution in [0.25, 0.3) is 0 Å². The summed E-state index contributed by atoms with van der Waals surface area (Å²) < 4.78 is 0.693. The molecular weight excluding hydrogens is 288 g/mol. The molecule has 94 valence electrons. The standard InChI is InChI=1S/C11H15BrN2O3/c1-8(2-3-15)13-7-9-4-10(12)6-11(5-9)14(16)17/h4-6,8,13,15H,2-3,7H2,1H3. The topological polar surface area (TPSA) is 75.4 Å². The van der Waals surface area contributed by atoms with Crippen molar-refractivity contribution in [1.82, 2.24) is 5.32 Å². The lowest BCUT2D eigenvalue weighted by atomic mass is 10.2. The number of benzene rings is 1. The Bertz CT molecular complexity index is 398. The highest BCUT2D eigenvalue weighted by atomic mass is 79.9. The molecule has 6 heteroatoms. The van der Waals surface area contributed by atoms with Crippen LogP contribution in [0.4, 0.5) is 5.69 Å². The summed E-state index contributed by atoms with van der Waals surface area (Å²) in [6.45, 7) is 2.64. The molecule has 1 unspecified atom stereocenters. The van der Waals surface area contributed by atoms with Gasteiger partial charge >= 0.3 is 0 Å². The molecule has 0 amide bonds. The normalized spacial score (nSPS) is 12.4. The van der Waals surface area contributed by atoms with Crippen molar-refractivity contribution < 1.29 is 10.0 Å². The zero-order valence-corrected chi connectivity index (χ0v) is 11.1. The summed E-state index contributed by atoms with van der Waals surface area (Å²) >= 11 is 3.25. The fraction of sp³-hybridized carbons (Fsp3) is 0.455. The third-order valence-electron chi connectivity index (χ3n) is 2.37. The number of rotatable bonds is 6. The molecule has 1 aromatic rings. The van der Waals surface area contributed by atoms with E-state index in [0.29, 0.717) is 17.4 Å². The molecule has 0 aromatic heterocycles. The van der Waals surface area contributed by atoms with E-state index in [-0.39, 0.29) is 18.3 Å². The smallest absolute Gasteiger partial charge is 0.270 e. The number of aliphatic hydroxyl groups excluding tert-OH is 1. The molecule has 0 fully saturated rings. The van der Waals surface area contributed by atoms with Crippen LogP contribution >= 0.6 is 15.9 Å². The molecule has 0 radical (unpaired) electrons. The molecule has 0 spiro atoms. The van der Waals surface area contributed by atoms with Crippen molar-refractivity contribution in [2.24, 2.45) is 0 Å². The molecule has 5 nitrogen and oxygen atoms in total. The Labute approximate surface area is 108 Å². The van der Waals surface area contributed by atoms with E-state index in [1.807, 2.05) is 13.0 Å². The Balaban J connectivity index is 2.68. The average molecular weight is 303 g/mol. The number of nitro groups is 1. The monoisotopic (exact) mass is 302 g/mol. The zero-order valence-electron chi connectivity index (χ0n) is 9.52. The zero-order chi connectivity index (χ0) is 12.8. The second-order valence-electron chi connectivity index (χ2n) is 3.87. The minimum Gasteiger partial charge on any atom is -0.396 e. The highest BCUT2D eigenvalue weighted by molar-refractivity contribution is 9.10. The van der Waals surface area contributed by atoms with Crippen LogP contribution in [-0.4, -0.2) is 22.7 Å². The van der Waals surface area contributed by atoms with Gasteiger partial charge in [-0.05, 0) is 25.0 Å². The molecule has 17 heavy (non-hydrogen) atoms. The SMILES string of the molecule is CC(CCO)NCc1cc(Br)cc([N+](=O)[O-])c1. The van der Waals surface area contributed by atoms with Gasteiger partial charge < -0.3 is 10.4 Å². The summed E-state index contributed by atoms with van der Waals surface area (Å²) in [6, 6.07) is 5.04. The van der Waals surface area contributed by atoms with E-state index in [9.17, 15) is 10.1 Å². The molecule has 0 bridgehead atoms. The number of hydrogen-bond donors (Lipinski definition) is 2. The molecular formula is C11H15BrN2O3. The Hall–Kier alpha value is -0.980. The van der Waals surface area contributed by atoms with Gasteiger partial charge in [-0.3, -0.25) is 10.1 Å². The summed E-state index contributed by atoms with van der Waals surface area (Å²) in [5.74, 6) is 0. The van der Waals surface area contributed by atoms with Crippen LogP contribution in [0, 0.1) is 10.1 Å². The van der Waals surface area contributed by atoms with E-state index < -0.39 is 4.92 Å². The summed E-state index contributed by atoms with van der Waals surface area (Å²) in [6.07, 6.45) is 0.663. The summed E-state index contributed by atoms with van der Waals surface area (Å²) in [5.41, 5.74) is 0.918. The molecule has 1 atom stereocenters. The fourth-order valence-electron chi connectivity index (χ4n) is 1.43. The number of hydrogen-bond acceptors (Lipinski definition) is 4. The highest BCUT2D eigenvalue weighted by Gasteiger charge is 2.09. The van der Waals surface area contributed by atoms with Gasteiger partial charge in [-0.1, -0.05) is 15.9 Å². The molecule has 0 heterocycles. The molecule has 0 aliphatic heterocycles. The van der Waals surface area contributed by atoms with Crippen LogP contribution in [0.5, 0.6) is 0 Å². The van der Waals surface area contributed by atoms with E-state index in [1.54, 1.807) is 6.07 Å². The molecule has 0 saturated heterocycles. The number of halogens is 1. The van der Waals surface area contributed by atoms with Gasteiger partial charge in [0.2, 0.25) is 0 Å². The van der Waals surface area contributed by atoms with Crippen molar-refractivity contribution >= 4 is 21.6 Å². The predicted molar refractivity (Wildman–Crippen MR) is 68.8 cm³/mol. The largest absolute Gasteiger partial charge is 0.396 e. The first-order valence-corrected chi connectivity index (χ1v) is 6.10. The molecule has 1 rings (SSSR count). The summed E-state index contributed by atoms with van der Waals surface area (Å²) in [5, 5.41) is 22.6. The Morgan fingerprint density at radius 3 is 2.82 bits per heavy atom. The second kappa shape index (κ2) is 6.68. The van der Waals surface area contributed by atoms with Crippen molar-refractivity contribution in [1.29, 1.82) is 0 Å². The van der Waals surface area contributed by atoms with Crippen LogP contribution < -0.4 is 5.32 Å². The van der Waals surface area contributed by atoms with Crippen LogP contribution in [0.15, 0.2) is 22.7 Å². The van der Waals surface area contributed by atoms with E-state index in [4.69, 9.17) is 5.11 Å². The van der Waals surface area contributed by atoms with Crippen LogP contribution in [0.3, 0.4) is 0 Å². The lowest BCUT2D eigenvalue weighted by Crippen LogP contribution is -2.26. The van der Waals surface area contributed by atoms with Crippen LogP contribution in [0.1, 0.15) is 18.9 Å². The molecule has 0 aliphatic carbocycles. The number of nitro benzene ring substituents is 1. The Morgan fingerprint density at radius 1 is 1.53 bits per heavy atom. The Kier molecular flexibility index (Phi) is 5.54. The summed E-state index contributed by atoms with van der Waals surface area (Å²) in [4.78, 5) is 10.3. The number of aliphatic hydroxyl groups is 1. The molecule has 1 aromatic carbocycles. The van der Waals surface area contributed by atoms with Crippen molar-refractivity contribution in [2.45, 2.75) is 25.9 Å². The first kappa shape index (κ1) is 14.1. The molecule has 0 aliphatic rings.